The van der Waals surface area contributed by atoms with Gasteiger partial charge in [0.2, 0.25) is 10.0 Å². The first-order valence-electron chi connectivity index (χ1n) is 9.32. The fraction of sp³-hybridized carbons (Fsp3) is 0.227. The SMILES string of the molecule is Cc1ccc2c(c1)N(S(C)(=O)=O)CC(C(=O)NCc1ccc3ccccc3c1)O2. The van der Waals surface area contributed by atoms with E-state index in [1.807, 2.05) is 55.5 Å². The van der Waals surface area contributed by atoms with Crippen LogP contribution in [0.25, 0.3) is 10.8 Å². The van der Waals surface area contributed by atoms with Crippen LogP contribution in [0.3, 0.4) is 0 Å². The Bertz CT molecular complexity index is 1190. The van der Waals surface area contributed by atoms with Crippen molar-refractivity contribution in [2.24, 2.45) is 0 Å². The zero-order chi connectivity index (χ0) is 20.6. The van der Waals surface area contributed by atoms with Gasteiger partial charge in [0.25, 0.3) is 5.91 Å². The van der Waals surface area contributed by atoms with Gasteiger partial charge < -0.3 is 10.1 Å². The lowest BCUT2D eigenvalue weighted by atomic mass is 10.1. The number of aryl methyl sites for hydroxylation is 1. The van der Waals surface area contributed by atoms with E-state index < -0.39 is 16.1 Å². The molecule has 0 saturated carbocycles. The van der Waals surface area contributed by atoms with Crippen molar-refractivity contribution < 1.29 is 17.9 Å². The average molecular weight is 410 g/mol. The molecule has 1 aliphatic rings. The van der Waals surface area contributed by atoms with Gasteiger partial charge >= 0.3 is 0 Å². The Labute approximate surface area is 170 Å². The van der Waals surface area contributed by atoms with Gasteiger partial charge in [-0.15, -0.1) is 0 Å². The Morgan fingerprint density at radius 2 is 1.86 bits per heavy atom. The van der Waals surface area contributed by atoms with E-state index in [1.54, 1.807) is 12.1 Å². The lowest BCUT2D eigenvalue weighted by Gasteiger charge is -2.34. The van der Waals surface area contributed by atoms with Crippen LogP contribution in [0.5, 0.6) is 5.75 Å². The van der Waals surface area contributed by atoms with Crippen LogP contribution in [0.2, 0.25) is 0 Å². The van der Waals surface area contributed by atoms with Crippen LogP contribution < -0.4 is 14.4 Å². The highest BCUT2D eigenvalue weighted by Gasteiger charge is 2.34. The summed E-state index contributed by atoms with van der Waals surface area (Å²) in [5, 5.41) is 5.09. The van der Waals surface area contributed by atoms with Crippen molar-refractivity contribution in [2.75, 3.05) is 17.1 Å². The summed E-state index contributed by atoms with van der Waals surface area (Å²) in [6.07, 6.45) is 0.217. The van der Waals surface area contributed by atoms with Crippen LogP contribution in [-0.2, 0) is 21.4 Å². The van der Waals surface area contributed by atoms with E-state index in [0.717, 1.165) is 28.2 Å². The van der Waals surface area contributed by atoms with Gasteiger partial charge in [0.05, 0.1) is 18.5 Å². The van der Waals surface area contributed by atoms with Crippen LogP contribution in [0.15, 0.2) is 60.7 Å². The molecule has 150 valence electrons. The number of hydrogen-bond donors (Lipinski definition) is 1. The highest BCUT2D eigenvalue weighted by Crippen LogP contribution is 2.35. The molecule has 0 aromatic heterocycles. The van der Waals surface area contributed by atoms with E-state index in [4.69, 9.17) is 4.74 Å². The van der Waals surface area contributed by atoms with E-state index >= 15 is 0 Å². The van der Waals surface area contributed by atoms with Crippen LogP contribution in [0, 0.1) is 6.92 Å². The molecule has 4 rings (SSSR count). The van der Waals surface area contributed by atoms with E-state index in [-0.39, 0.29) is 12.5 Å². The van der Waals surface area contributed by atoms with Crippen molar-refractivity contribution in [3.05, 3.63) is 71.8 Å². The number of sulfonamides is 1. The molecule has 0 radical (unpaired) electrons. The summed E-state index contributed by atoms with van der Waals surface area (Å²) < 4.78 is 31.6. The molecule has 1 aliphatic heterocycles. The topological polar surface area (TPSA) is 75.7 Å². The van der Waals surface area contributed by atoms with Gasteiger partial charge in [0, 0.05) is 6.54 Å². The molecule has 1 amide bonds. The van der Waals surface area contributed by atoms with Gasteiger partial charge in [-0.3, -0.25) is 9.10 Å². The molecular formula is C22H22N2O4S. The van der Waals surface area contributed by atoms with Crippen LogP contribution in [0.1, 0.15) is 11.1 Å². The molecule has 3 aromatic rings. The van der Waals surface area contributed by atoms with Crippen LogP contribution >= 0.6 is 0 Å². The molecule has 29 heavy (non-hydrogen) atoms. The first kappa shape index (κ1) is 19.3. The van der Waals surface area contributed by atoms with Crippen LogP contribution in [-0.4, -0.2) is 33.2 Å². The molecule has 1 unspecified atom stereocenters. The number of nitrogens with one attached hydrogen (secondary N) is 1. The maximum absolute atomic E-state index is 12.7. The van der Waals surface area contributed by atoms with Crippen molar-refractivity contribution in [3.63, 3.8) is 0 Å². The first-order valence-corrected chi connectivity index (χ1v) is 11.2. The molecule has 0 fully saturated rings. The molecule has 1 heterocycles. The first-order chi connectivity index (χ1) is 13.8. The molecule has 1 atom stereocenters. The normalized spacial score (nSPS) is 16.2. The monoisotopic (exact) mass is 410 g/mol. The third kappa shape index (κ3) is 4.05. The maximum atomic E-state index is 12.7. The number of amides is 1. The third-order valence-electron chi connectivity index (χ3n) is 4.96. The number of carbonyl (C=O) groups is 1. The summed E-state index contributed by atoms with van der Waals surface area (Å²) in [7, 11) is -3.54. The zero-order valence-electron chi connectivity index (χ0n) is 16.3. The Hall–Kier alpha value is -3.06. The minimum atomic E-state index is -3.54. The summed E-state index contributed by atoms with van der Waals surface area (Å²) in [6.45, 7) is 2.16. The van der Waals surface area contributed by atoms with Crippen LogP contribution in [0.4, 0.5) is 5.69 Å². The summed E-state index contributed by atoms with van der Waals surface area (Å²) in [5.41, 5.74) is 2.34. The molecule has 3 aromatic carbocycles. The Kier molecular flexibility index (Phi) is 4.92. The lowest BCUT2D eigenvalue weighted by molar-refractivity contribution is -0.127. The zero-order valence-corrected chi connectivity index (χ0v) is 17.1. The molecule has 0 bridgehead atoms. The van der Waals surface area contributed by atoms with Crippen molar-refractivity contribution in [1.29, 1.82) is 0 Å². The molecule has 7 heteroatoms. The van der Waals surface area contributed by atoms with Crippen molar-refractivity contribution in [2.45, 2.75) is 19.6 Å². The van der Waals surface area contributed by atoms with E-state index in [2.05, 4.69) is 5.32 Å². The summed E-state index contributed by atoms with van der Waals surface area (Å²) >= 11 is 0. The second-order valence-corrected chi connectivity index (χ2v) is 9.18. The Morgan fingerprint density at radius 3 is 2.62 bits per heavy atom. The molecule has 0 spiro atoms. The number of rotatable bonds is 4. The Balaban J connectivity index is 1.51. The summed E-state index contributed by atoms with van der Waals surface area (Å²) in [5.74, 6) is 0.0381. The number of fused-ring (bicyclic) bond motifs is 2. The van der Waals surface area contributed by atoms with Gasteiger partial charge in [-0.2, -0.15) is 0 Å². The highest BCUT2D eigenvalue weighted by molar-refractivity contribution is 7.92. The van der Waals surface area contributed by atoms with Gasteiger partial charge in [0.1, 0.15) is 5.75 Å². The van der Waals surface area contributed by atoms with Gasteiger partial charge in [0.15, 0.2) is 6.10 Å². The minimum absolute atomic E-state index is 0.0567. The minimum Gasteiger partial charge on any atom is -0.476 e. The van der Waals surface area contributed by atoms with Gasteiger partial charge in [-0.25, -0.2) is 8.42 Å². The predicted octanol–water partition coefficient (Wildman–Crippen LogP) is 2.99. The smallest absolute Gasteiger partial charge is 0.263 e. The van der Waals surface area contributed by atoms with Gasteiger partial charge in [-0.05, 0) is 47.0 Å². The third-order valence-corrected chi connectivity index (χ3v) is 6.10. The predicted molar refractivity (Wildman–Crippen MR) is 114 cm³/mol. The number of benzene rings is 3. The number of nitrogens with zero attached hydrogens (tertiary/aromatic N) is 1. The molecule has 1 N–H and O–H groups in total. The second-order valence-electron chi connectivity index (χ2n) is 7.27. The standard InChI is InChI=1S/C22H22N2O4S/c1-15-7-10-20-19(11-15)24(29(2,26)27)14-21(28-20)22(25)23-13-16-8-9-17-5-3-4-6-18(17)12-16/h3-12,21H,13-14H2,1-2H3,(H,23,25). The number of carbonyl (C=O) groups excluding carboxylic acids is 1. The van der Waals surface area contributed by atoms with Crippen molar-refractivity contribution >= 4 is 32.4 Å². The lowest BCUT2D eigenvalue weighted by Crippen LogP contribution is -2.50. The summed E-state index contributed by atoms with van der Waals surface area (Å²) in [4.78, 5) is 12.7. The van der Waals surface area contributed by atoms with Crippen molar-refractivity contribution in [3.8, 4) is 5.75 Å². The van der Waals surface area contributed by atoms with E-state index in [1.165, 1.54) is 4.31 Å². The largest absolute Gasteiger partial charge is 0.476 e. The molecule has 0 saturated heterocycles. The average Bonchev–Trinajstić information content (AvgIpc) is 2.70. The molecular weight excluding hydrogens is 388 g/mol. The van der Waals surface area contributed by atoms with Crippen molar-refractivity contribution in [1.82, 2.24) is 5.32 Å². The number of hydrogen-bond acceptors (Lipinski definition) is 4. The molecule has 6 nitrogen and oxygen atoms in total. The number of ether oxygens (including phenoxy) is 1. The maximum Gasteiger partial charge on any atom is 0.263 e. The fourth-order valence-electron chi connectivity index (χ4n) is 3.46. The Morgan fingerprint density at radius 1 is 1.10 bits per heavy atom. The highest BCUT2D eigenvalue weighted by atomic mass is 32.2. The number of anilines is 1. The summed E-state index contributed by atoms with van der Waals surface area (Å²) in [6, 6.07) is 19.3. The second kappa shape index (κ2) is 7.40. The fourth-order valence-corrected chi connectivity index (χ4v) is 4.37. The van der Waals surface area contributed by atoms with E-state index in [0.29, 0.717) is 18.0 Å². The molecule has 0 aliphatic carbocycles. The quantitative estimate of drug-likeness (QED) is 0.718. The van der Waals surface area contributed by atoms with Gasteiger partial charge in [-0.1, -0.05) is 42.5 Å². The van der Waals surface area contributed by atoms with E-state index in [9.17, 15) is 13.2 Å².